The summed E-state index contributed by atoms with van der Waals surface area (Å²) in [7, 11) is 0. The summed E-state index contributed by atoms with van der Waals surface area (Å²) in [6.07, 6.45) is 0. The van der Waals surface area contributed by atoms with Crippen LogP contribution in [0.1, 0.15) is 10.4 Å². The Morgan fingerprint density at radius 1 is 1.11 bits per heavy atom. The maximum absolute atomic E-state index is 11.4. The van der Waals surface area contributed by atoms with Crippen LogP contribution in [0.4, 0.5) is 0 Å². The molecule has 18 heavy (non-hydrogen) atoms. The largest absolute Gasteiger partial charge is 0.366 e. The Morgan fingerprint density at radius 2 is 1.94 bits per heavy atom. The van der Waals surface area contributed by atoms with Gasteiger partial charge in [0.2, 0.25) is 0 Å². The summed E-state index contributed by atoms with van der Waals surface area (Å²) >= 11 is 5.95. The van der Waals surface area contributed by atoms with Crippen LogP contribution >= 0.6 is 11.6 Å². The van der Waals surface area contributed by atoms with Crippen LogP contribution < -0.4 is 5.73 Å². The van der Waals surface area contributed by atoms with Crippen LogP contribution in [0.3, 0.4) is 0 Å². The summed E-state index contributed by atoms with van der Waals surface area (Å²) in [4.78, 5) is 15.8. The Labute approximate surface area is 108 Å². The molecular weight excluding hydrogens is 248 g/mol. The molecular formula is C14H9ClN2O. The van der Waals surface area contributed by atoms with E-state index in [0.29, 0.717) is 16.1 Å². The minimum atomic E-state index is -0.471. The molecule has 88 valence electrons. The number of pyridine rings is 1. The molecule has 4 heteroatoms. The van der Waals surface area contributed by atoms with Crippen LogP contribution in [0.15, 0.2) is 42.5 Å². The van der Waals surface area contributed by atoms with Gasteiger partial charge in [-0.05, 0) is 30.3 Å². The predicted molar refractivity (Wildman–Crippen MR) is 72.8 cm³/mol. The van der Waals surface area contributed by atoms with Gasteiger partial charge in [-0.15, -0.1) is 0 Å². The number of halogens is 1. The number of nitrogens with two attached hydrogens (primary N) is 1. The number of para-hydroxylation sites is 1. The Balaban J connectivity index is 2.44. The molecule has 0 spiro atoms. The fraction of sp³-hybridized carbons (Fsp3) is 0. The highest BCUT2D eigenvalue weighted by atomic mass is 35.5. The molecule has 0 aliphatic rings. The summed E-state index contributed by atoms with van der Waals surface area (Å²) in [5, 5.41) is 2.48. The number of amides is 1. The smallest absolute Gasteiger partial charge is 0.250 e. The van der Waals surface area contributed by atoms with E-state index < -0.39 is 5.91 Å². The second-order valence-corrected chi connectivity index (χ2v) is 4.50. The topological polar surface area (TPSA) is 56.0 Å². The van der Waals surface area contributed by atoms with E-state index in [1.54, 1.807) is 18.2 Å². The number of hydrogen-bond donors (Lipinski definition) is 1. The number of aromatic nitrogens is 1. The number of benzene rings is 2. The van der Waals surface area contributed by atoms with Gasteiger partial charge in [0, 0.05) is 15.8 Å². The van der Waals surface area contributed by atoms with E-state index in [4.69, 9.17) is 17.3 Å². The molecule has 0 aliphatic heterocycles. The third-order valence-corrected chi connectivity index (χ3v) is 3.10. The van der Waals surface area contributed by atoms with Crippen molar-refractivity contribution < 1.29 is 4.79 Å². The third kappa shape index (κ3) is 1.69. The highest BCUT2D eigenvalue weighted by molar-refractivity contribution is 6.31. The molecule has 0 bridgehead atoms. The molecule has 0 atom stereocenters. The Bertz CT molecular complexity index is 783. The maximum Gasteiger partial charge on any atom is 0.250 e. The lowest BCUT2D eigenvalue weighted by Crippen LogP contribution is -2.11. The lowest BCUT2D eigenvalue weighted by atomic mass is 10.1. The van der Waals surface area contributed by atoms with Gasteiger partial charge in [0.25, 0.3) is 5.91 Å². The molecule has 0 radical (unpaired) electrons. The molecule has 3 nitrogen and oxygen atoms in total. The zero-order valence-electron chi connectivity index (χ0n) is 9.35. The molecule has 1 amide bonds. The molecule has 0 saturated carbocycles. The lowest BCUT2D eigenvalue weighted by molar-refractivity contribution is 0.100. The molecule has 0 unspecified atom stereocenters. The highest BCUT2D eigenvalue weighted by Crippen LogP contribution is 2.24. The van der Waals surface area contributed by atoms with Crippen molar-refractivity contribution >= 4 is 39.3 Å². The van der Waals surface area contributed by atoms with Crippen molar-refractivity contribution in [2.45, 2.75) is 0 Å². The SMILES string of the molecule is NC(=O)c1cccc2cc3cc(Cl)ccc3nc12. The van der Waals surface area contributed by atoms with Crippen LogP contribution in [0.2, 0.25) is 5.02 Å². The third-order valence-electron chi connectivity index (χ3n) is 2.87. The standard InChI is InChI=1S/C14H9ClN2O/c15-10-4-5-12-9(7-10)6-8-2-1-3-11(14(16)18)13(8)17-12/h1-7H,(H2,16,18). The normalized spacial score (nSPS) is 10.9. The fourth-order valence-corrected chi connectivity index (χ4v) is 2.21. The number of carbonyl (C=O) groups is 1. The van der Waals surface area contributed by atoms with Crippen LogP contribution in [-0.2, 0) is 0 Å². The van der Waals surface area contributed by atoms with E-state index in [1.165, 1.54) is 0 Å². The van der Waals surface area contributed by atoms with Gasteiger partial charge in [-0.25, -0.2) is 4.98 Å². The summed E-state index contributed by atoms with van der Waals surface area (Å²) in [5.74, 6) is -0.471. The molecule has 2 N–H and O–H groups in total. The molecule has 1 heterocycles. The number of fused-ring (bicyclic) bond motifs is 2. The van der Waals surface area contributed by atoms with Gasteiger partial charge in [-0.2, -0.15) is 0 Å². The maximum atomic E-state index is 11.4. The van der Waals surface area contributed by atoms with Crippen molar-refractivity contribution in [1.82, 2.24) is 4.98 Å². The van der Waals surface area contributed by atoms with Crippen LogP contribution in [-0.4, -0.2) is 10.9 Å². The van der Waals surface area contributed by atoms with E-state index in [-0.39, 0.29) is 0 Å². The minimum absolute atomic E-state index is 0.435. The van der Waals surface area contributed by atoms with Crippen LogP contribution in [0, 0.1) is 0 Å². The van der Waals surface area contributed by atoms with Gasteiger partial charge in [0.05, 0.1) is 16.6 Å². The second kappa shape index (κ2) is 3.96. The van der Waals surface area contributed by atoms with Crippen molar-refractivity contribution in [1.29, 1.82) is 0 Å². The van der Waals surface area contributed by atoms with Crippen molar-refractivity contribution in [3.63, 3.8) is 0 Å². The van der Waals surface area contributed by atoms with Gasteiger partial charge in [0.1, 0.15) is 0 Å². The number of nitrogens with zero attached hydrogens (tertiary/aromatic N) is 1. The van der Waals surface area contributed by atoms with Gasteiger partial charge >= 0.3 is 0 Å². The molecule has 0 fully saturated rings. The predicted octanol–water partition coefficient (Wildman–Crippen LogP) is 3.14. The van der Waals surface area contributed by atoms with Gasteiger partial charge in [0.15, 0.2) is 0 Å². The van der Waals surface area contributed by atoms with E-state index in [2.05, 4.69) is 4.98 Å². The van der Waals surface area contributed by atoms with Gasteiger partial charge in [-0.1, -0.05) is 23.7 Å². The van der Waals surface area contributed by atoms with Crippen LogP contribution in [0.5, 0.6) is 0 Å². The van der Waals surface area contributed by atoms with E-state index in [1.807, 2.05) is 24.3 Å². The van der Waals surface area contributed by atoms with Crippen molar-refractivity contribution in [2.75, 3.05) is 0 Å². The zero-order chi connectivity index (χ0) is 12.7. The number of primary amides is 1. The molecule has 3 rings (SSSR count). The molecule has 2 aromatic carbocycles. The van der Waals surface area contributed by atoms with Gasteiger partial charge < -0.3 is 5.73 Å². The molecule has 0 aliphatic carbocycles. The first-order chi connectivity index (χ1) is 8.65. The average molecular weight is 257 g/mol. The summed E-state index contributed by atoms with van der Waals surface area (Å²) in [6, 6.07) is 12.8. The Hall–Kier alpha value is -2.13. The highest BCUT2D eigenvalue weighted by Gasteiger charge is 2.08. The molecule has 3 aromatic rings. The van der Waals surface area contributed by atoms with E-state index >= 15 is 0 Å². The van der Waals surface area contributed by atoms with Crippen molar-refractivity contribution in [3.05, 3.63) is 53.1 Å². The van der Waals surface area contributed by atoms with Crippen molar-refractivity contribution in [2.24, 2.45) is 5.73 Å². The summed E-state index contributed by atoms with van der Waals surface area (Å²) in [6.45, 7) is 0. The van der Waals surface area contributed by atoms with Gasteiger partial charge in [-0.3, -0.25) is 4.79 Å². The quantitative estimate of drug-likeness (QED) is 0.680. The first kappa shape index (κ1) is 11.0. The summed E-state index contributed by atoms with van der Waals surface area (Å²) < 4.78 is 0. The van der Waals surface area contributed by atoms with E-state index in [9.17, 15) is 4.79 Å². The zero-order valence-corrected chi connectivity index (χ0v) is 10.1. The Morgan fingerprint density at radius 3 is 2.72 bits per heavy atom. The van der Waals surface area contributed by atoms with Crippen molar-refractivity contribution in [3.8, 4) is 0 Å². The number of carbonyl (C=O) groups excluding carboxylic acids is 1. The first-order valence-electron chi connectivity index (χ1n) is 5.44. The average Bonchev–Trinajstić information content (AvgIpc) is 2.35. The number of hydrogen-bond acceptors (Lipinski definition) is 2. The summed E-state index contributed by atoms with van der Waals surface area (Å²) in [5.41, 5.74) is 7.20. The minimum Gasteiger partial charge on any atom is -0.366 e. The van der Waals surface area contributed by atoms with E-state index in [0.717, 1.165) is 16.3 Å². The molecule has 0 saturated heterocycles. The molecule has 1 aromatic heterocycles. The second-order valence-electron chi connectivity index (χ2n) is 4.07. The first-order valence-corrected chi connectivity index (χ1v) is 5.82. The lowest BCUT2D eigenvalue weighted by Gasteiger charge is -2.05. The Kier molecular flexibility index (Phi) is 2.42. The monoisotopic (exact) mass is 256 g/mol. The number of rotatable bonds is 1. The fourth-order valence-electron chi connectivity index (χ4n) is 2.03. The van der Waals surface area contributed by atoms with Crippen LogP contribution in [0.25, 0.3) is 21.8 Å².